The third kappa shape index (κ3) is 2.53. The number of rotatable bonds is 4. The molecule has 18 heavy (non-hydrogen) atoms. The summed E-state index contributed by atoms with van der Waals surface area (Å²) in [7, 11) is 0. The van der Waals surface area contributed by atoms with E-state index in [0.29, 0.717) is 12.0 Å². The summed E-state index contributed by atoms with van der Waals surface area (Å²) >= 11 is 0. The molecule has 2 aromatic heterocycles. The predicted molar refractivity (Wildman–Crippen MR) is 69.8 cm³/mol. The first kappa shape index (κ1) is 12.2. The van der Waals surface area contributed by atoms with Gasteiger partial charge in [-0.3, -0.25) is 9.97 Å². The molecular formula is C15H14N2O. The van der Waals surface area contributed by atoms with E-state index in [2.05, 4.69) is 9.97 Å². The van der Waals surface area contributed by atoms with Crippen molar-refractivity contribution in [2.24, 2.45) is 0 Å². The molecule has 0 aliphatic rings. The summed E-state index contributed by atoms with van der Waals surface area (Å²) in [4.78, 5) is 19.8. The average Bonchev–Trinajstić information content (AvgIpc) is 2.46. The van der Waals surface area contributed by atoms with Crippen molar-refractivity contribution in [3.63, 3.8) is 0 Å². The molecule has 3 heteroatoms. The first-order chi connectivity index (χ1) is 8.86. The molecule has 0 saturated heterocycles. The molecule has 90 valence electrons. The van der Waals surface area contributed by atoms with E-state index < -0.39 is 0 Å². The van der Waals surface area contributed by atoms with Crippen LogP contribution < -0.4 is 0 Å². The number of hydrogen-bond acceptors (Lipinski definition) is 3. The number of hydrogen-bond donors (Lipinski definition) is 0. The van der Waals surface area contributed by atoms with Gasteiger partial charge in [0.1, 0.15) is 5.94 Å². The van der Waals surface area contributed by atoms with Gasteiger partial charge < -0.3 is 0 Å². The molecule has 0 amide bonds. The van der Waals surface area contributed by atoms with Crippen molar-refractivity contribution < 1.29 is 4.79 Å². The van der Waals surface area contributed by atoms with Crippen LogP contribution in [0.1, 0.15) is 30.7 Å². The van der Waals surface area contributed by atoms with E-state index in [1.165, 1.54) is 0 Å². The lowest BCUT2D eigenvalue weighted by molar-refractivity contribution is 0.564. The lowest BCUT2D eigenvalue weighted by atomic mass is 9.90. The molecule has 3 nitrogen and oxygen atoms in total. The fourth-order valence-electron chi connectivity index (χ4n) is 1.94. The lowest BCUT2D eigenvalue weighted by Crippen LogP contribution is -2.08. The Morgan fingerprint density at radius 2 is 1.67 bits per heavy atom. The maximum atomic E-state index is 11.1. The molecule has 2 rings (SSSR count). The minimum Gasteiger partial charge on any atom is -0.260 e. The summed E-state index contributed by atoms with van der Waals surface area (Å²) < 4.78 is 0. The van der Waals surface area contributed by atoms with Crippen molar-refractivity contribution in [2.45, 2.75) is 19.3 Å². The van der Waals surface area contributed by atoms with Crippen molar-refractivity contribution >= 4 is 5.94 Å². The zero-order valence-electron chi connectivity index (χ0n) is 10.2. The van der Waals surface area contributed by atoms with Crippen molar-refractivity contribution in [1.82, 2.24) is 9.97 Å². The Bertz CT molecular complexity index is 506. The van der Waals surface area contributed by atoms with Gasteiger partial charge in [-0.2, -0.15) is 0 Å². The summed E-state index contributed by atoms with van der Waals surface area (Å²) in [5.41, 5.74) is 2.33. The highest BCUT2D eigenvalue weighted by Gasteiger charge is 2.21. The van der Waals surface area contributed by atoms with Gasteiger partial charge in [0.2, 0.25) is 0 Å². The van der Waals surface area contributed by atoms with Gasteiger partial charge in [0.05, 0.1) is 17.3 Å². The highest BCUT2D eigenvalue weighted by molar-refractivity contribution is 5.58. The largest absolute Gasteiger partial charge is 0.260 e. The van der Waals surface area contributed by atoms with Gasteiger partial charge in [-0.25, -0.2) is 4.79 Å². The van der Waals surface area contributed by atoms with Crippen LogP contribution in [0, 0.1) is 0 Å². The first-order valence-electron chi connectivity index (χ1n) is 5.92. The minimum absolute atomic E-state index is 0.199. The monoisotopic (exact) mass is 238 g/mol. The van der Waals surface area contributed by atoms with Crippen molar-refractivity contribution in [1.29, 1.82) is 0 Å². The van der Waals surface area contributed by atoms with Gasteiger partial charge >= 0.3 is 0 Å². The Balaban J connectivity index is 2.52. The number of aromatic nitrogens is 2. The second-order valence-electron chi connectivity index (χ2n) is 3.92. The third-order valence-electron chi connectivity index (χ3n) is 2.83. The average molecular weight is 238 g/mol. The fraction of sp³-hybridized carbons (Fsp3) is 0.200. The van der Waals surface area contributed by atoms with Gasteiger partial charge in [-0.05, 0) is 30.7 Å². The van der Waals surface area contributed by atoms with Crippen LogP contribution in [0.15, 0.2) is 54.4 Å². The van der Waals surface area contributed by atoms with E-state index in [1.54, 1.807) is 12.4 Å². The van der Waals surface area contributed by atoms with Crippen LogP contribution in [0.5, 0.6) is 0 Å². The van der Waals surface area contributed by atoms with Crippen LogP contribution in [-0.4, -0.2) is 15.9 Å². The van der Waals surface area contributed by atoms with Crippen LogP contribution in [-0.2, 0) is 4.79 Å². The Labute approximate surface area is 106 Å². The number of allylic oxidation sites excluding steroid dienone is 1. The Hall–Kier alpha value is -2.25. The molecule has 0 aliphatic heterocycles. The van der Waals surface area contributed by atoms with E-state index in [0.717, 1.165) is 11.4 Å². The Morgan fingerprint density at radius 1 is 1.11 bits per heavy atom. The Kier molecular flexibility index (Phi) is 4.00. The number of carbonyl (C=O) groups excluding carboxylic acids is 1. The minimum atomic E-state index is -0.199. The highest BCUT2D eigenvalue weighted by Crippen LogP contribution is 2.29. The molecule has 2 heterocycles. The van der Waals surface area contributed by atoms with E-state index in [9.17, 15) is 4.79 Å². The standard InChI is InChI=1S/C15H14N2O/c1-2-12(11-18)15(13-7-3-5-9-16-13)14-8-4-6-10-17-14/h3-10,15H,2H2,1H3. The topological polar surface area (TPSA) is 42.9 Å². The zero-order valence-corrected chi connectivity index (χ0v) is 10.2. The molecule has 0 N–H and O–H groups in total. The van der Waals surface area contributed by atoms with Crippen molar-refractivity contribution in [3.8, 4) is 0 Å². The highest BCUT2D eigenvalue weighted by atomic mass is 16.1. The van der Waals surface area contributed by atoms with Gasteiger partial charge in [0, 0.05) is 18.0 Å². The molecule has 0 spiro atoms. The van der Waals surface area contributed by atoms with Gasteiger partial charge in [-0.15, -0.1) is 0 Å². The molecule has 0 radical (unpaired) electrons. The van der Waals surface area contributed by atoms with Gasteiger partial charge in [0.25, 0.3) is 0 Å². The third-order valence-corrected chi connectivity index (χ3v) is 2.83. The molecule has 0 saturated carbocycles. The van der Waals surface area contributed by atoms with Crippen LogP contribution in [0.3, 0.4) is 0 Å². The molecule has 0 atom stereocenters. The Morgan fingerprint density at radius 3 is 2.00 bits per heavy atom. The number of nitrogens with zero attached hydrogens (tertiary/aromatic N) is 2. The molecular weight excluding hydrogens is 224 g/mol. The molecule has 2 aromatic rings. The van der Waals surface area contributed by atoms with Crippen molar-refractivity contribution in [2.75, 3.05) is 0 Å². The molecule has 0 bridgehead atoms. The molecule has 0 aliphatic carbocycles. The van der Waals surface area contributed by atoms with Gasteiger partial charge in [-0.1, -0.05) is 19.1 Å². The second-order valence-corrected chi connectivity index (χ2v) is 3.92. The number of pyridine rings is 2. The van der Waals surface area contributed by atoms with Gasteiger partial charge in [0.15, 0.2) is 0 Å². The van der Waals surface area contributed by atoms with Crippen LogP contribution >= 0.6 is 0 Å². The lowest BCUT2D eigenvalue weighted by Gasteiger charge is -2.15. The molecule has 0 fully saturated rings. The first-order valence-corrected chi connectivity index (χ1v) is 5.92. The van der Waals surface area contributed by atoms with E-state index in [4.69, 9.17) is 0 Å². The van der Waals surface area contributed by atoms with E-state index >= 15 is 0 Å². The summed E-state index contributed by atoms with van der Waals surface area (Å²) in [6, 6.07) is 11.4. The van der Waals surface area contributed by atoms with E-state index in [1.807, 2.05) is 49.3 Å². The summed E-state index contributed by atoms with van der Waals surface area (Å²) in [5.74, 6) is 1.84. The summed E-state index contributed by atoms with van der Waals surface area (Å²) in [6.07, 6.45) is 4.09. The normalized spacial score (nSPS) is 10.1. The van der Waals surface area contributed by atoms with Crippen LogP contribution in [0.25, 0.3) is 0 Å². The maximum absolute atomic E-state index is 11.1. The quantitative estimate of drug-likeness (QED) is 0.769. The fourth-order valence-corrected chi connectivity index (χ4v) is 1.94. The van der Waals surface area contributed by atoms with Crippen LogP contribution in [0.4, 0.5) is 0 Å². The second kappa shape index (κ2) is 5.89. The van der Waals surface area contributed by atoms with E-state index in [-0.39, 0.29) is 5.92 Å². The summed E-state index contributed by atoms with van der Waals surface area (Å²) in [6.45, 7) is 1.94. The maximum Gasteiger partial charge on any atom is 0.124 e. The zero-order chi connectivity index (χ0) is 12.8. The smallest absolute Gasteiger partial charge is 0.124 e. The SMILES string of the molecule is CCC(=C=O)C(c1ccccn1)c1ccccn1. The molecule has 0 unspecified atom stereocenters. The summed E-state index contributed by atoms with van der Waals surface area (Å²) in [5, 5.41) is 0. The molecule has 0 aromatic carbocycles. The van der Waals surface area contributed by atoms with Crippen LogP contribution in [0.2, 0.25) is 0 Å². The predicted octanol–water partition coefficient (Wildman–Crippen LogP) is 2.78. The van der Waals surface area contributed by atoms with Crippen molar-refractivity contribution in [3.05, 3.63) is 65.8 Å².